The largest absolute Gasteiger partial charge is 0.310 e. The van der Waals surface area contributed by atoms with Crippen LogP contribution in [0.1, 0.15) is 47.2 Å². The van der Waals surface area contributed by atoms with Crippen LogP contribution in [0.2, 0.25) is 0 Å². The second kappa shape index (κ2) is 11.2. The Labute approximate surface area is 300 Å². The molecule has 2 aliphatic rings. The molecule has 8 aromatic rings. The average Bonchev–Trinajstić information content (AvgIpc) is 3.60. The van der Waals surface area contributed by atoms with Crippen molar-refractivity contribution in [2.45, 2.75) is 24.7 Å². The molecule has 0 bridgehead atoms. The molecule has 0 unspecified atom stereocenters. The van der Waals surface area contributed by atoms with E-state index in [0.717, 1.165) is 17.1 Å². The van der Waals surface area contributed by atoms with Gasteiger partial charge in [-0.25, -0.2) is 0 Å². The molecule has 0 atom stereocenters. The third-order valence-corrected chi connectivity index (χ3v) is 11.5. The molecule has 1 heteroatoms. The van der Waals surface area contributed by atoms with Crippen molar-refractivity contribution in [1.29, 1.82) is 0 Å². The Bertz CT molecular complexity index is 2560. The molecule has 242 valence electrons. The van der Waals surface area contributed by atoms with Gasteiger partial charge in [0.05, 0.1) is 5.41 Å². The SMILES string of the molecule is CC1(C)c2ccccc2-c2cc(N(c3ccccc3)c3ccc4cc5c(cc4c3)C(c3ccccc3)(c3ccccc3)c3ccccc3-5)ccc21. The summed E-state index contributed by atoms with van der Waals surface area (Å²) >= 11 is 0. The van der Waals surface area contributed by atoms with Gasteiger partial charge >= 0.3 is 0 Å². The number of para-hydroxylation sites is 1. The summed E-state index contributed by atoms with van der Waals surface area (Å²) in [6, 6.07) is 69.7. The monoisotopic (exact) mass is 651 g/mol. The zero-order valence-corrected chi connectivity index (χ0v) is 28.8. The number of nitrogens with zero attached hydrogens (tertiary/aromatic N) is 1. The Balaban J connectivity index is 1.20. The van der Waals surface area contributed by atoms with E-state index in [4.69, 9.17) is 0 Å². The maximum absolute atomic E-state index is 2.47. The molecule has 0 aromatic heterocycles. The van der Waals surface area contributed by atoms with E-state index in [0.29, 0.717) is 0 Å². The van der Waals surface area contributed by atoms with Gasteiger partial charge in [0.1, 0.15) is 0 Å². The van der Waals surface area contributed by atoms with E-state index < -0.39 is 5.41 Å². The van der Waals surface area contributed by atoms with Gasteiger partial charge in [-0.15, -0.1) is 0 Å². The van der Waals surface area contributed by atoms with Crippen molar-refractivity contribution < 1.29 is 0 Å². The summed E-state index contributed by atoms with van der Waals surface area (Å²) < 4.78 is 0. The van der Waals surface area contributed by atoms with E-state index in [-0.39, 0.29) is 5.41 Å². The first-order valence-electron chi connectivity index (χ1n) is 17.9. The van der Waals surface area contributed by atoms with Crippen molar-refractivity contribution in [3.8, 4) is 22.3 Å². The lowest BCUT2D eigenvalue weighted by Crippen LogP contribution is -2.28. The van der Waals surface area contributed by atoms with Crippen LogP contribution in [0.3, 0.4) is 0 Å². The molecular weight excluding hydrogens is 615 g/mol. The van der Waals surface area contributed by atoms with Gasteiger partial charge in [-0.2, -0.15) is 0 Å². The van der Waals surface area contributed by atoms with Crippen LogP contribution < -0.4 is 4.90 Å². The summed E-state index contributed by atoms with van der Waals surface area (Å²) in [4.78, 5) is 2.41. The lowest BCUT2D eigenvalue weighted by molar-refractivity contribution is 0.660. The highest BCUT2D eigenvalue weighted by molar-refractivity contribution is 5.98. The Morgan fingerprint density at radius 1 is 0.333 bits per heavy atom. The van der Waals surface area contributed by atoms with Gasteiger partial charge in [-0.05, 0) is 115 Å². The van der Waals surface area contributed by atoms with Crippen LogP contribution in [0.5, 0.6) is 0 Å². The molecule has 0 aliphatic heterocycles. The van der Waals surface area contributed by atoms with Gasteiger partial charge in [0.25, 0.3) is 0 Å². The minimum Gasteiger partial charge on any atom is -0.310 e. The molecular formula is C50H37N. The van der Waals surface area contributed by atoms with Crippen molar-refractivity contribution in [2.24, 2.45) is 0 Å². The predicted molar refractivity (Wildman–Crippen MR) is 213 cm³/mol. The zero-order valence-electron chi connectivity index (χ0n) is 28.8. The highest BCUT2D eigenvalue weighted by atomic mass is 15.1. The molecule has 0 N–H and O–H groups in total. The molecule has 10 rings (SSSR count). The molecule has 0 saturated carbocycles. The fourth-order valence-corrected chi connectivity index (χ4v) is 9.18. The second-order valence-corrected chi connectivity index (χ2v) is 14.5. The summed E-state index contributed by atoms with van der Waals surface area (Å²) in [7, 11) is 0. The fourth-order valence-electron chi connectivity index (χ4n) is 9.18. The quantitative estimate of drug-likeness (QED) is 0.179. The van der Waals surface area contributed by atoms with Crippen LogP contribution in [-0.2, 0) is 10.8 Å². The van der Waals surface area contributed by atoms with Crippen LogP contribution >= 0.6 is 0 Å². The number of hydrogen-bond donors (Lipinski definition) is 0. The van der Waals surface area contributed by atoms with Crippen LogP contribution in [-0.4, -0.2) is 0 Å². The van der Waals surface area contributed by atoms with Crippen LogP contribution in [0.4, 0.5) is 17.1 Å². The highest BCUT2D eigenvalue weighted by Crippen LogP contribution is 2.57. The van der Waals surface area contributed by atoms with E-state index in [1.807, 2.05) is 0 Å². The van der Waals surface area contributed by atoms with Crippen molar-refractivity contribution in [3.05, 3.63) is 221 Å². The van der Waals surface area contributed by atoms with Gasteiger partial charge in [-0.3, -0.25) is 0 Å². The highest BCUT2D eigenvalue weighted by Gasteiger charge is 2.46. The van der Waals surface area contributed by atoms with E-state index in [1.165, 1.54) is 66.4 Å². The molecule has 8 aromatic carbocycles. The van der Waals surface area contributed by atoms with Gasteiger partial charge in [0, 0.05) is 22.5 Å². The first-order valence-corrected chi connectivity index (χ1v) is 17.9. The van der Waals surface area contributed by atoms with Crippen molar-refractivity contribution in [2.75, 3.05) is 4.90 Å². The smallest absolute Gasteiger partial charge is 0.0713 e. The minimum atomic E-state index is -0.433. The number of fused-ring (bicyclic) bond motifs is 7. The zero-order chi connectivity index (χ0) is 34.2. The molecule has 0 saturated heterocycles. The summed E-state index contributed by atoms with van der Waals surface area (Å²) in [6.07, 6.45) is 0. The molecule has 51 heavy (non-hydrogen) atoms. The third-order valence-electron chi connectivity index (χ3n) is 11.5. The molecule has 0 heterocycles. The third kappa shape index (κ3) is 4.28. The van der Waals surface area contributed by atoms with Crippen molar-refractivity contribution in [3.63, 3.8) is 0 Å². The number of benzene rings is 8. The van der Waals surface area contributed by atoms with E-state index in [2.05, 4.69) is 207 Å². The first kappa shape index (κ1) is 29.7. The van der Waals surface area contributed by atoms with Gasteiger partial charge in [0.15, 0.2) is 0 Å². The predicted octanol–water partition coefficient (Wildman–Crippen LogP) is 13.0. The Hall–Kier alpha value is -6.18. The van der Waals surface area contributed by atoms with Crippen molar-refractivity contribution >= 4 is 27.8 Å². The topological polar surface area (TPSA) is 3.24 Å². The van der Waals surface area contributed by atoms with Gasteiger partial charge in [0.2, 0.25) is 0 Å². The lowest BCUT2D eigenvalue weighted by Gasteiger charge is -2.34. The van der Waals surface area contributed by atoms with Crippen LogP contribution in [0.25, 0.3) is 33.0 Å². The Kier molecular flexibility index (Phi) is 6.51. The summed E-state index contributed by atoms with van der Waals surface area (Å²) in [5.41, 5.74) is 16.2. The maximum Gasteiger partial charge on any atom is 0.0713 e. The normalized spacial score (nSPS) is 14.4. The molecule has 0 spiro atoms. The number of hydrogen-bond acceptors (Lipinski definition) is 1. The summed E-state index contributed by atoms with van der Waals surface area (Å²) in [5.74, 6) is 0. The fraction of sp³-hybridized carbons (Fsp3) is 0.0800. The van der Waals surface area contributed by atoms with Crippen LogP contribution in [0, 0.1) is 0 Å². The van der Waals surface area contributed by atoms with E-state index in [1.54, 1.807) is 0 Å². The van der Waals surface area contributed by atoms with Crippen molar-refractivity contribution in [1.82, 2.24) is 0 Å². The van der Waals surface area contributed by atoms with Gasteiger partial charge in [-0.1, -0.05) is 153 Å². The Morgan fingerprint density at radius 2 is 0.843 bits per heavy atom. The average molecular weight is 652 g/mol. The number of rotatable bonds is 5. The summed E-state index contributed by atoms with van der Waals surface area (Å²) in [6.45, 7) is 4.69. The minimum absolute atomic E-state index is 0.0348. The number of anilines is 3. The second-order valence-electron chi connectivity index (χ2n) is 14.5. The van der Waals surface area contributed by atoms with Gasteiger partial charge < -0.3 is 4.90 Å². The standard InChI is InChI=1S/C50H37N/c1-49(2)45-24-14-12-22-41(45)44-33-40(28-29-46(44)49)51(38-20-10-5-11-21-38)39-27-26-34-31-43-42-23-13-15-25-47(42)50(36-16-6-3-7-17-36,37-18-8-4-9-19-37)48(43)32-35(34)30-39/h3-33H,1-2H3. The Morgan fingerprint density at radius 3 is 1.53 bits per heavy atom. The molecule has 0 amide bonds. The first-order chi connectivity index (χ1) is 25.0. The van der Waals surface area contributed by atoms with E-state index in [9.17, 15) is 0 Å². The summed E-state index contributed by atoms with van der Waals surface area (Å²) in [5, 5.41) is 2.46. The molecule has 1 nitrogen and oxygen atoms in total. The lowest BCUT2D eigenvalue weighted by atomic mass is 9.67. The van der Waals surface area contributed by atoms with E-state index >= 15 is 0 Å². The molecule has 0 fully saturated rings. The molecule has 2 aliphatic carbocycles. The maximum atomic E-state index is 2.47. The van der Waals surface area contributed by atoms with Crippen LogP contribution in [0.15, 0.2) is 188 Å². The molecule has 0 radical (unpaired) electrons.